The van der Waals surface area contributed by atoms with Gasteiger partial charge in [-0.3, -0.25) is 0 Å². The monoisotopic (exact) mass is 317 g/mol. The highest BCUT2D eigenvalue weighted by atomic mass is 79.9. The first-order valence-electron chi connectivity index (χ1n) is 4.78. The van der Waals surface area contributed by atoms with Gasteiger partial charge in [-0.15, -0.1) is 0 Å². The summed E-state index contributed by atoms with van der Waals surface area (Å²) >= 11 is 3.00. The molecule has 94 valence electrons. The first kappa shape index (κ1) is 12.6. The first-order valence-corrected chi connectivity index (χ1v) is 5.58. The molecule has 0 saturated carbocycles. The molecule has 0 N–H and O–H groups in total. The van der Waals surface area contributed by atoms with Crippen LogP contribution in [0.3, 0.4) is 0 Å². The number of halogens is 3. The minimum absolute atomic E-state index is 0.115. The normalized spacial score (nSPS) is 10.6. The lowest BCUT2D eigenvalue weighted by Crippen LogP contribution is -2.02. The van der Waals surface area contributed by atoms with Crippen LogP contribution in [0.1, 0.15) is 5.56 Å². The summed E-state index contributed by atoms with van der Waals surface area (Å²) in [4.78, 5) is 9.94. The topological polar surface area (TPSA) is 61.0 Å². The van der Waals surface area contributed by atoms with E-state index in [-0.39, 0.29) is 16.8 Å². The summed E-state index contributed by atoms with van der Waals surface area (Å²) in [6.07, 6.45) is 1.40. The minimum atomic E-state index is -0.965. The lowest BCUT2D eigenvalue weighted by atomic mass is 10.2. The molecule has 0 aliphatic heterocycles. The minimum Gasteiger partial charge on any atom is -0.358 e. The molecule has 0 aliphatic carbocycles. The first-order chi connectivity index (χ1) is 8.47. The maximum atomic E-state index is 13.0. The van der Waals surface area contributed by atoms with Gasteiger partial charge in [-0.1, -0.05) is 6.07 Å². The SMILES string of the molecule is O=[N+]([O-])c1nn(Cc2ccc(F)c(F)c2)cc1Br. The van der Waals surface area contributed by atoms with E-state index in [4.69, 9.17) is 0 Å². The van der Waals surface area contributed by atoms with Crippen molar-refractivity contribution in [2.75, 3.05) is 0 Å². The number of nitro groups is 1. The zero-order valence-corrected chi connectivity index (χ0v) is 10.4. The summed E-state index contributed by atoms with van der Waals surface area (Å²) < 4.78 is 27.2. The van der Waals surface area contributed by atoms with Gasteiger partial charge in [0.2, 0.25) is 0 Å². The van der Waals surface area contributed by atoms with Crippen molar-refractivity contribution in [3.8, 4) is 0 Å². The van der Waals surface area contributed by atoms with Crippen molar-refractivity contribution < 1.29 is 13.7 Å². The van der Waals surface area contributed by atoms with Gasteiger partial charge >= 0.3 is 5.82 Å². The summed E-state index contributed by atoms with van der Waals surface area (Å²) in [6.45, 7) is 0.115. The molecule has 0 bridgehead atoms. The molecule has 2 rings (SSSR count). The molecule has 0 saturated heterocycles. The Bertz CT molecular complexity index is 615. The Morgan fingerprint density at radius 2 is 2.11 bits per heavy atom. The lowest BCUT2D eigenvalue weighted by Gasteiger charge is -1.99. The van der Waals surface area contributed by atoms with Gasteiger partial charge in [0.1, 0.15) is 4.47 Å². The molecule has 1 heterocycles. The van der Waals surface area contributed by atoms with Crippen LogP contribution in [0.4, 0.5) is 14.6 Å². The summed E-state index contributed by atoms with van der Waals surface area (Å²) in [5.41, 5.74) is 0.457. The predicted molar refractivity (Wildman–Crippen MR) is 62.0 cm³/mol. The van der Waals surface area contributed by atoms with Crippen molar-refractivity contribution >= 4 is 21.7 Å². The van der Waals surface area contributed by atoms with Crippen LogP contribution in [0.25, 0.3) is 0 Å². The van der Waals surface area contributed by atoms with Crippen LogP contribution in [-0.2, 0) is 6.54 Å². The summed E-state index contributed by atoms with van der Waals surface area (Å²) in [6, 6.07) is 3.41. The second kappa shape index (κ2) is 4.81. The van der Waals surface area contributed by atoms with E-state index < -0.39 is 16.6 Å². The Labute approximate surface area is 108 Å². The third-order valence-corrected chi connectivity index (χ3v) is 2.76. The van der Waals surface area contributed by atoms with Crippen LogP contribution in [-0.4, -0.2) is 14.7 Å². The van der Waals surface area contributed by atoms with Crippen LogP contribution < -0.4 is 0 Å². The fraction of sp³-hybridized carbons (Fsp3) is 0.100. The smallest absolute Gasteiger partial charge is 0.358 e. The Morgan fingerprint density at radius 3 is 2.67 bits per heavy atom. The fourth-order valence-electron chi connectivity index (χ4n) is 1.42. The largest absolute Gasteiger partial charge is 0.404 e. The Hall–Kier alpha value is -1.83. The van der Waals surface area contributed by atoms with Gasteiger partial charge in [-0.05, 0) is 38.5 Å². The highest BCUT2D eigenvalue weighted by Crippen LogP contribution is 2.22. The quantitative estimate of drug-likeness (QED) is 0.646. The Kier molecular flexibility index (Phi) is 3.37. The average molecular weight is 318 g/mol. The molecule has 0 radical (unpaired) electrons. The van der Waals surface area contributed by atoms with Gasteiger partial charge in [0.15, 0.2) is 11.6 Å². The van der Waals surface area contributed by atoms with Gasteiger partial charge in [0.25, 0.3) is 0 Å². The summed E-state index contributed by atoms with van der Waals surface area (Å²) in [5.74, 6) is -2.22. The van der Waals surface area contributed by atoms with E-state index in [1.807, 2.05) is 0 Å². The van der Waals surface area contributed by atoms with Gasteiger partial charge in [-0.2, -0.15) is 4.68 Å². The molecular formula is C10H6BrF2N3O2. The molecule has 8 heteroatoms. The molecule has 5 nitrogen and oxygen atoms in total. The van der Waals surface area contributed by atoms with Gasteiger partial charge in [-0.25, -0.2) is 8.78 Å². The van der Waals surface area contributed by atoms with Crippen molar-refractivity contribution in [1.29, 1.82) is 0 Å². The number of nitrogens with zero attached hydrogens (tertiary/aromatic N) is 3. The van der Waals surface area contributed by atoms with Gasteiger partial charge in [0, 0.05) is 0 Å². The number of hydrogen-bond donors (Lipinski definition) is 0. The maximum absolute atomic E-state index is 13.0. The van der Waals surface area contributed by atoms with Crippen molar-refractivity contribution in [3.63, 3.8) is 0 Å². The number of rotatable bonds is 3. The van der Waals surface area contributed by atoms with Crippen LogP contribution in [0.2, 0.25) is 0 Å². The standard InChI is InChI=1S/C10H6BrF2N3O2/c11-7-5-15(14-10(7)16(17)18)4-6-1-2-8(12)9(13)3-6/h1-3,5H,4H2. The third kappa shape index (κ3) is 2.53. The van der Waals surface area contributed by atoms with E-state index in [0.29, 0.717) is 5.56 Å². The van der Waals surface area contributed by atoms with Gasteiger partial charge in [0.05, 0.1) is 17.8 Å². The number of aromatic nitrogens is 2. The van der Waals surface area contributed by atoms with Crippen molar-refractivity contribution in [3.05, 3.63) is 56.2 Å². The lowest BCUT2D eigenvalue weighted by molar-refractivity contribution is -0.390. The van der Waals surface area contributed by atoms with E-state index in [1.165, 1.54) is 16.9 Å². The summed E-state index contributed by atoms with van der Waals surface area (Å²) in [5, 5.41) is 14.3. The molecule has 0 aliphatic rings. The average Bonchev–Trinajstić information content (AvgIpc) is 2.65. The number of benzene rings is 1. The molecule has 0 amide bonds. The Balaban J connectivity index is 2.26. The molecular weight excluding hydrogens is 312 g/mol. The number of hydrogen-bond acceptors (Lipinski definition) is 3. The van der Waals surface area contributed by atoms with E-state index in [0.717, 1.165) is 12.1 Å². The van der Waals surface area contributed by atoms with Crippen molar-refractivity contribution in [2.24, 2.45) is 0 Å². The predicted octanol–water partition coefficient (Wildman–Crippen LogP) is 2.88. The molecule has 18 heavy (non-hydrogen) atoms. The molecule has 2 aromatic rings. The molecule has 0 spiro atoms. The highest BCUT2D eigenvalue weighted by molar-refractivity contribution is 9.10. The second-order valence-corrected chi connectivity index (χ2v) is 4.36. The fourth-order valence-corrected chi connectivity index (χ4v) is 1.88. The summed E-state index contributed by atoms with van der Waals surface area (Å²) in [7, 11) is 0. The zero-order valence-electron chi connectivity index (χ0n) is 8.81. The molecule has 1 aromatic carbocycles. The maximum Gasteiger partial charge on any atom is 0.404 e. The highest BCUT2D eigenvalue weighted by Gasteiger charge is 2.18. The van der Waals surface area contributed by atoms with E-state index in [1.54, 1.807) is 0 Å². The van der Waals surface area contributed by atoms with Crippen molar-refractivity contribution in [2.45, 2.75) is 6.54 Å². The van der Waals surface area contributed by atoms with E-state index in [2.05, 4.69) is 21.0 Å². The van der Waals surface area contributed by atoms with E-state index in [9.17, 15) is 18.9 Å². The second-order valence-electron chi connectivity index (χ2n) is 3.50. The molecule has 0 fully saturated rings. The van der Waals surface area contributed by atoms with Crippen LogP contribution in [0.5, 0.6) is 0 Å². The molecule has 1 aromatic heterocycles. The van der Waals surface area contributed by atoms with E-state index >= 15 is 0 Å². The molecule has 0 unspecified atom stereocenters. The third-order valence-electron chi connectivity index (χ3n) is 2.20. The Morgan fingerprint density at radius 1 is 1.39 bits per heavy atom. The van der Waals surface area contributed by atoms with Crippen LogP contribution >= 0.6 is 15.9 Å². The van der Waals surface area contributed by atoms with Gasteiger partial charge < -0.3 is 10.1 Å². The van der Waals surface area contributed by atoms with Crippen LogP contribution in [0.15, 0.2) is 28.9 Å². The van der Waals surface area contributed by atoms with Crippen molar-refractivity contribution in [1.82, 2.24) is 9.78 Å². The zero-order chi connectivity index (χ0) is 13.3. The van der Waals surface area contributed by atoms with Crippen LogP contribution in [0, 0.1) is 21.7 Å². The molecule has 0 atom stereocenters.